The van der Waals surface area contributed by atoms with Crippen LogP contribution in [-0.2, 0) is 18.0 Å². The predicted octanol–water partition coefficient (Wildman–Crippen LogP) is 2.45. The second-order valence-corrected chi connectivity index (χ2v) is 6.61. The Morgan fingerprint density at radius 1 is 1.29 bits per heavy atom. The Bertz CT molecular complexity index is 957. The van der Waals surface area contributed by atoms with Gasteiger partial charge in [-0.3, -0.25) is 4.79 Å². The van der Waals surface area contributed by atoms with E-state index in [-0.39, 0.29) is 18.8 Å². The second-order valence-electron chi connectivity index (χ2n) is 5.41. The van der Waals surface area contributed by atoms with E-state index < -0.39 is 5.97 Å². The van der Waals surface area contributed by atoms with Gasteiger partial charge in [-0.2, -0.15) is 0 Å². The number of aliphatic hydroxyl groups excluding tert-OH is 1. The Morgan fingerprint density at radius 2 is 2.00 bits per heavy atom. The molecule has 0 bridgehead atoms. The number of aromatic amines is 1. The Kier molecular flexibility index (Phi) is 4.46. The van der Waals surface area contributed by atoms with Gasteiger partial charge in [-0.25, -0.2) is 9.78 Å². The quantitative estimate of drug-likeness (QED) is 0.709. The van der Waals surface area contributed by atoms with Gasteiger partial charge < -0.3 is 14.8 Å². The molecule has 0 amide bonds. The van der Waals surface area contributed by atoms with Crippen LogP contribution in [0.1, 0.15) is 32.2 Å². The lowest BCUT2D eigenvalue weighted by molar-refractivity contribution is 0.0462. The zero-order chi connectivity index (χ0) is 17.3. The van der Waals surface area contributed by atoms with Crippen LogP contribution in [0.3, 0.4) is 0 Å². The van der Waals surface area contributed by atoms with E-state index in [0.717, 1.165) is 10.4 Å². The number of nitrogens with one attached hydrogen (secondary N) is 1. The van der Waals surface area contributed by atoms with Gasteiger partial charge in [0, 0.05) is 4.88 Å². The summed E-state index contributed by atoms with van der Waals surface area (Å²) in [5.74, 6) is -0.199. The van der Waals surface area contributed by atoms with Crippen LogP contribution < -0.4 is 5.56 Å². The van der Waals surface area contributed by atoms with Gasteiger partial charge in [0.05, 0.1) is 17.6 Å². The summed E-state index contributed by atoms with van der Waals surface area (Å²) in [6.45, 7) is 3.64. The number of thiophene rings is 1. The van der Waals surface area contributed by atoms with Crippen molar-refractivity contribution >= 4 is 27.5 Å². The standard InChI is InChI=1S/C17H16N2O4S/c1-9-10(2)24-16-14(9)15(21)18-13(19-16)8-23-17(22)12-5-3-11(7-20)4-6-12/h3-6,20H,7-8H2,1-2H3,(H,18,19,21). The van der Waals surface area contributed by atoms with Gasteiger partial charge in [0.15, 0.2) is 0 Å². The van der Waals surface area contributed by atoms with Crippen LogP contribution in [0, 0.1) is 13.8 Å². The number of rotatable bonds is 4. The molecule has 7 heteroatoms. The molecule has 6 nitrogen and oxygen atoms in total. The van der Waals surface area contributed by atoms with Crippen molar-refractivity contribution < 1.29 is 14.6 Å². The summed E-state index contributed by atoms with van der Waals surface area (Å²) < 4.78 is 5.20. The first-order chi connectivity index (χ1) is 11.5. The average Bonchev–Trinajstić information content (AvgIpc) is 2.87. The van der Waals surface area contributed by atoms with Crippen molar-refractivity contribution in [2.24, 2.45) is 0 Å². The highest BCUT2D eigenvalue weighted by Gasteiger charge is 2.13. The molecule has 0 fully saturated rings. The summed E-state index contributed by atoms with van der Waals surface area (Å²) in [6, 6.07) is 6.47. The second kappa shape index (κ2) is 6.54. The third kappa shape index (κ3) is 3.08. The zero-order valence-electron chi connectivity index (χ0n) is 13.3. The maximum absolute atomic E-state index is 12.2. The fourth-order valence-electron chi connectivity index (χ4n) is 2.33. The van der Waals surface area contributed by atoms with Crippen LogP contribution in [0.5, 0.6) is 0 Å². The van der Waals surface area contributed by atoms with Crippen LogP contribution in [0.2, 0.25) is 0 Å². The number of carbonyl (C=O) groups excluding carboxylic acids is 1. The molecule has 1 aromatic carbocycles. The summed E-state index contributed by atoms with van der Waals surface area (Å²) in [5.41, 5.74) is 1.79. The van der Waals surface area contributed by atoms with Gasteiger partial charge in [-0.05, 0) is 37.1 Å². The maximum Gasteiger partial charge on any atom is 0.338 e. The molecule has 24 heavy (non-hydrogen) atoms. The fraction of sp³-hybridized carbons (Fsp3) is 0.235. The SMILES string of the molecule is Cc1sc2nc(COC(=O)c3ccc(CO)cc3)[nH]c(=O)c2c1C. The highest BCUT2D eigenvalue weighted by molar-refractivity contribution is 7.18. The van der Waals surface area contributed by atoms with Crippen LogP contribution in [0.25, 0.3) is 10.2 Å². The van der Waals surface area contributed by atoms with Crippen LogP contribution >= 0.6 is 11.3 Å². The molecule has 0 saturated carbocycles. The van der Waals surface area contributed by atoms with E-state index >= 15 is 0 Å². The number of H-pyrrole nitrogens is 1. The highest BCUT2D eigenvalue weighted by atomic mass is 32.1. The van der Waals surface area contributed by atoms with E-state index in [4.69, 9.17) is 9.84 Å². The molecular weight excluding hydrogens is 328 g/mol. The summed E-state index contributed by atoms with van der Waals surface area (Å²) in [5, 5.41) is 9.59. The Morgan fingerprint density at radius 3 is 2.67 bits per heavy atom. The number of aliphatic hydroxyl groups is 1. The Hall–Kier alpha value is -2.51. The van der Waals surface area contributed by atoms with E-state index in [0.29, 0.717) is 27.2 Å². The van der Waals surface area contributed by atoms with Gasteiger partial charge in [-0.15, -0.1) is 11.3 Å². The van der Waals surface area contributed by atoms with Crippen LogP contribution in [0.15, 0.2) is 29.1 Å². The topological polar surface area (TPSA) is 92.3 Å². The first kappa shape index (κ1) is 16.4. The number of aryl methyl sites for hydroxylation is 2. The first-order valence-electron chi connectivity index (χ1n) is 7.35. The number of hydrogen-bond acceptors (Lipinski definition) is 6. The first-order valence-corrected chi connectivity index (χ1v) is 8.17. The molecule has 3 aromatic rings. The third-order valence-electron chi connectivity index (χ3n) is 3.80. The fourth-order valence-corrected chi connectivity index (χ4v) is 3.38. The number of aromatic nitrogens is 2. The number of fused-ring (bicyclic) bond motifs is 1. The largest absolute Gasteiger partial charge is 0.454 e. The Labute approximate surface area is 141 Å². The zero-order valence-corrected chi connectivity index (χ0v) is 14.1. The summed E-state index contributed by atoms with van der Waals surface area (Å²) in [4.78, 5) is 32.9. The van der Waals surface area contributed by atoms with E-state index in [2.05, 4.69) is 9.97 Å². The van der Waals surface area contributed by atoms with Crippen LogP contribution in [0.4, 0.5) is 0 Å². The van der Waals surface area contributed by atoms with Gasteiger partial charge in [0.1, 0.15) is 17.3 Å². The molecular formula is C17H16N2O4S. The molecule has 3 rings (SSSR count). The number of benzene rings is 1. The number of carbonyl (C=O) groups is 1. The summed E-state index contributed by atoms with van der Waals surface area (Å²) in [6.07, 6.45) is 0. The van der Waals surface area contributed by atoms with E-state index in [9.17, 15) is 9.59 Å². The van der Waals surface area contributed by atoms with Gasteiger partial charge in [0.25, 0.3) is 5.56 Å². The monoisotopic (exact) mass is 344 g/mol. The van der Waals surface area contributed by atoms with Gasteiger partial charge >= 0.3 is 5.97 Å². The molecule has 0 aliphatic carbocycles. The van der Waals surface area contributed by atoms with Crippen molar-refractivity contribution in [3.05, 3.63) is 62.0 Å². The van der Waals surface area contributed by atoms with Crippen molar-refractivity contribution in [2.75, 3.05) is 0 Å². The number of hydrogen-bond donors (Lipinski definition) is 2. The molecule has 0 aliphatic rings. The normalized spacial score (nSPS) is 11.0. The van der Waals surface area contributed by atoms with Gasteiger partial charge in [0.2, 0.25) is 0 Å². The smallest absolute Gasteiger partial charge is 0.338 e. The minimum atomic E-state index is -0.513. The molecule has 0 aliphatic heterocycles. The molecule has 2 aromatic heterocycles. The molecule has 0 radical (unpaired) electrons. The summed E-state index contributed by atoms with van der Waals surface area (Å²) in [7, 11) is 0. The lowest BCUT2D eigenvalue weighted by Crippen LogP contribution is -2.14. The molecule has 2 heterocycles. The number of nitrogens with zero attached hydrogens (tertiary/aromatic N) is 1. The van der Waals surface area contributed by atoms with Crippen molar-refractivity contribution in [1.29, 1.82) is 0 Å². The number of ether oxygens (including phenoxy) is 1. The van der Waals surface area contributed by atoms with Crippen molar-refractivity contribution in [1.82, 2.24) is 9.97 Å². The molecule has 0 saturated heterocycles. The lowest BCUT2D eigenvalue weighted by Gasteiger charge is -2.05. The summed E-state index contributed by atoms with van der Waals surface area (Å²) >= 11 is 1.45. The van der Waals surface area contributed by atoms with Crippen molar-refractivity contribution in [3.63, 3.8) is 0 Å². The molecule has 0 spiro atoms. The average molecular weight is 344 g/mol. The predicted molar refractivity (Wildman–Crippen MR) is 91.2 cm³/mol. The van der Waals surface area contributed by atoms with E-state index in [1.54, 1.807) is 24.3 Å². The van der Waals surface area contributed by atoms with Gasteiger partial charge in [-0.1, -0.05) is 12.1 Å². The minimum absolute atomic E-state index is 0.0832. The minimum Gasteiger partial charge on any atom is -0.454 e. The molecule has 124 valence electrons. The third-order valence-corrected chi connectivity index (χ3v) is 4.90. The van der Waals surface area contributed by atoms with E-state index in [1.807, 2.05) is 13.8 Å². The molecule has 2 N–H and O–H groups in total. The molecule has 0 unspecified atom stereocenters. The van der Waals surface area contributed by atoms with Crippen LogP contribution in [-0.4, -0.2) is 21.0 Å². The van der Waals surface area contributed by atoms with Crippen molar-refractivity contribution in [2.45, 2.75) is 27.1 Å². The highest BCUT2D eigenvalue weighted by Crippen LogP contribution is 2.25. The molecule has 0 atom stereocenters. The number of esters is 1. The van der Waals surface area contributed by atoms with Crippen molar-refractivity contribution in [3.8, 4) is 0 Å². The van der Waals surface area contributed by atoms with E-state index in [1.165, 1.54) is 11.3 Å². The Balaban J connectivity index is 1.77. The maximum atomic E-state index is 12.2. The lowest BCUT2D eigenvalue weighted by atomic mass is 10.1.